The number of terminal acetylenes is 1. The molecule has 0 radical (unpaired) electrons. The first-order chi connectivity index (χ1) is 7.81. The van der Waals surface area contributed by atoms with Crippen molar-refractivity contribution in [3.8, 4) is 23.0 Å². The minimum absolute atomic E-state index is 0.543. The Balaban J connectivity index is 2.13. The van der Waals surface area contributed by atoms with Gasteiger partial charge in [0.15, 0.2) is 5.82 Å². The second-order valence-corrected chi connectivity index (χ2v) is 4.21. The Labute approximate surface area is 98.3 Å². The van der Waals surface area contributed by atoms with Gasteiger partial charge < -0.3 is 0 Å². The van der Waals surface area contributed by atoms with Crippen LogP contribution in [0.1, 0.15) is 5.82 Å². The molecule has 2 rings (SSSR count). The second kappa shape index (κ2) is 4.92. The van der Waals surface area contributed by atoms with Crippen LogP contribution < -0.4 is 5.32 Å². The van der Waals surface area contributed by atoms with E-state index in [1.54, 1.807) is 16.0 Å². The molecule has 0 amide bonds. The van der Waals surface area contributed by atoms with Crippen LogP contribution >= 0.6 is 11.3 Å². The van der Waals surface area contributed by atoms with Gasteiger partial charge in [0.1, 0.15) is 5.82 Å². The third-order valence-electron chi connectivity index (χ3n) is 2.10. The summed E-state index contributed by atoms with van der Waals surface area (Å²) < 4.78 is 1.78. The predicted octanol–water partition coefficient (Wildman–Crippen LogP) is 1.27. The standard InChI is InChI=1S/C11H12N4S/c1-3-6-12-8-10-13-11(14-15(10)2)9-5-4-7-16-9/h1,4-5,7,12H,6,8H2,2H3. The van der Waals surface area contributed by atoms with Crippen LogP contribution in [0.2, 0.25) is 0 Å². The quantitative estimate of drug-likeness (QED) is 0.637. The van der Waals surface area contributed by atoms with E-state index in [2.05, 4.69) is 21.3 Å². The van der Waals surface area contributed by atoms with Crippen molar-refractivity contribution in [2.24, 2.45) is 7.05 Å². The van der Waals surface area contributed by atoms with E-state index in [9.17, 15) is 0 Å². The van der Waals surface area contributed by atoms with Gasteiger partial charge in [-0.1, -0.05) is 12.0 Å². The summed E-state index contributed by atoms with van der Waals surface area (Å²) in [5.41, 5.74) is 0. The molecule has 4 nitrogen and oxygen atoms in total. The SMILES string of the molecule is C#CCNCc1nc(-c2cccs2)nn1C. The molecular weight excluding hydrogens is 220 g/mol. The summed E-state index contributed by atoms with van der Waals surface area (Å²) in [6.07, 6.45) is 5.16. The van der Waals surface area contributed by atoms with Gasteiger partial charge in [0.05, 0.1) is 18.0 Å². The normalized spacial score (nSPS) is 10.2. The maximum atomic E-state index is 5.16. The molecule has 0 saturated carbocycles. The number of nitrogens with zero attached hydrogens (tertiary/aromatic N) is 3. The largest absolute Gasteiger partial charge is 0.299 e. The van der Waals surface area contributed by atoms with E-state index in [-0.39, 0.29) is 0 Å². The summed E-state index contributed by atoms with van der Waals surface area (Å²) in [6.45, 7) is 1.18. The second-order valence-electron chi connectivity index (χ2n) is 3.26. The Hall–Kier alpha value is -1.64. The fourth-order valence-corrected chi connectivity index (χ4v) is 1.98. The van der Waals surface area contributed by atoms with Crippen LogP contribution in [-0.4, -0.2) is 21.3 Å². The Morgan fingerprint density at radius 2 is 2.50 bits per heavy atom. The van der Waals surface area contributed by atoms with Gasteiger partial charge in [0.25, 0.3) is 0 Å². The maximum Gasteiger partial charge on any atom is 0.191 e. The van der Waals surface area contributed by atoms with Crippen molar-refractivity contribution >= 4 is 11.3 Å². The van der Waals surface area contributed by atoms with Crippen LogP contribution in [0.5, 0.6) is 0 Å². The first kappa shape index (κ1) is 10.9. The monoisotopic (exact) mass is 232 g/mol. The molecule has 0 fully saturated rings. The molecule has 16 heavy (non-hydrogen) atoms. The molecule has 2 aromatic rings. The zero-order valence-corrected chi connectivity index (χ0v) is 9.79. The summed E-state index contributed by atoms with van der Waals surface area (Å²) in [5, 5.41) is 9.47. The lowest BCUT2D eigenvalue weighted by atomic mass is 10.4. The summed E-state index contributed by atoms with van der Waals surface area (Å²) >= 11 is 1.64. The van der Waals surface area contributed by atoms with E-state index < -0.39 is 0 Å². The zero-order valence-electron chi connectivity index (χ0n) is 8.97. The topological polar surface area (TPSA) is 42.7 Å². The number of aromatic nitrogens is 3. The van der Waals surface area contributed by atoms with E-state index in [1.165, 1.54) is 0 Å². The Morgan fingerprint density at radius 1 is 1.62 bits per heavy atom. The maximum absolute atomic E-state index is 5.16. The van der Waals surface area contributed by atoms with Gasteiger partial charge in [0.2, 0.25) is 0 Å². The number of thiophene rings is 1. The summed E-state index contributed by atoms with van der Waals surface area (Å²) in [6, 6.07) is 4.01. The number of aryl methyl sites for hydroxylation is 1. The van der Waals surface area contributed by atoms with Crippen LogP contribution in [-0.2, 0) is 13.6 Å². The average molecular weight is 232 g/mol. The van der Waals surface area contributed by atoms with E-state index >= 15 is 0 Å². The van der Waals surface area contributed by atoms with Crippen molar-refractivity contribution in [2.75, 3.05) is 6.54 Å². The first-order valence-corrected chi connectivity index (χ1v) is 5.77. The minimum atomic E-state index is 0.543. The molecule has 5 heteroatoms. The molecule has 0 aromatic carbocycles. The summed E-state index contributed by atoms with van der Waals surface area (Å²) in [5.74, 6) is 4.19. The van der Waals surface area contributed by atoms with Crippen molar-refractivity contribution < 1.29 is 0 Å². The molecular formula is C11H12N4S. The van der Waals surface area contributed by atoms with E-state index in [1.807, 2.05) is 24.6 Å². The lowest BCUT2D eigenvalue weighted by molar-refractivity contribution is 0.646. The van der Waals surface area contributed by atoms with Crippen LogP contribution in [0.15, 0.2) is 17.5 Å². The number of nitrogens with one attached hydrogen (secondary N) is 1. The fraction of sp³-hybridized carbons (Fsp3) is 0.273. The smallest absolute Gasteiger partial charge is 0.191 e. The molecule has 0 unspecified atom stereocenters. The third-order valence-corrected chi connectivity index (χ3v) is 2.97. The Bertz CT molecular complexity index is 493. The lowest BCUT2D eigenvalue weighted by Gasteiger charge is -1.98. The van der Waals surface area contributed by atoms with Crippen molar-refractivity contribution in [2.45, 2.75) is 6.54 Å². The molecule has 0 aliphatic rings. The third kappa shape index (κ3) is 2.30. The van der Waals surface area contributed by atoms with Gasteiger partial charge in [-0.2, -0.15) is 5.10 Å². The van der Waals surface area contributed by atoms with Crippen LogP contribution in [0.25, 0.3) is 10.7 Å². The van der Waals surface area contributed by atoms with Gasteiger partial charge in [-0.15, -0.1) is 17.8 Å². The minimum Gasteiger partial charge on any atom is -0.299 e. The van der Waals surface area contributed by atoms with Gasteiger partial charge in [-0.05, 0) is 11.4 Å². The van der Waals surface area contributed by atoms with Gasteiger partial charge in [0, 0.05) is 7.05 Å². The summed E-state index contributed by atoms with van der Waals surface area (Å²) in [7, 11) is 1.89. The zero-order chi connectivity index (χ0) is 11.4. The number of rotatable bonds is 4. The lowest BCUT2D eigenvalue weighted by Crippen LogP contribution is -2.16. The molecule has 1 N–H and O–H groups in total. The van der Waals surface area contributed by atoms with E-state index in [0.29, 0.717) is 13.1 Å². The molecule has 0 bridgehead atoms. The molecule has 0 aliphatic heterocycles. The Morgan fingerprint density at radius 3 is 3.19 bits per heavy atom. The van der Waals surface area contributed by atoms with Crippen molar-refractivity contribution in [3.63, 3.8) is 0 Å². The van der Waals surface area contributed by atoms with E-state index in [4.69, 9.17) is 6.42 Å². The molecule has 2 aromatic heterocycles. The molecule has 0 spiro atoms. The highest BCUT2D eigenvalue weighted by atomic mass is 32.1. The van der Waals surface area contributed by atoms with Crippen molar-refractivity contribution in [1.29, 1.82) is 0 Å². The highest BCUT2D eigenvalue weighted by molar-refractivity contribution is 7.13. The number of hydrogen-bond acceptors (Lipinski definition) is 4. The van der Waals surface area contributed by atoms with Gasteiger partial charge in [-0.3, -0.25) is 10.00 Å². The molecule has 0 aliphatic carbocycles. The highest BCUT2D eigenvalue weighted by Gasteiger charge is 2.08. The molecule has 0 saturated heterocycles. The highest BCUT2D eigenvalue weighted by Crippen LogP contribution is 2.20. The molecule has 82 valence electrons. The van der Waals surface area contributed by atoms with E-state index in [0.717, 1.165) is 16.5 Å². The average Bonchev–Trinajstić information content (AvgIpc) is 2.88. The fourth-order valence-electron chi connectivity index (χ4n) is 1.33. The molecule has 0 atom stereocenters. The Kier molecular flexibility index (Phi) is 3.34. The van der Waals surface area contributed by atoms with Crippen LogP contribution in [0.3, 0.4) is 0 Å². The number of hydrogen-bond donors (Lipinski definition) is 1. The first-order valence-electron chi connectivity index (χ1n) is 4.89. The predicted molar refractivity (Wildman–Crippen MR) is 64.9 cm³/mol. The molecule has 2 heterocycles. The van der Waals surface area contributed by atoms with Crippen molar-refractivity contribution in [3.05, 3.63) is 23.3 Å². The van der Waals surface area contributed by atoms with Gasteiger partial charge in [-0.25, -0.2) is 4.98 Å². The van der Waals surface area contributed by atoms with Gasteiger partial charge >= 0.3 is 0 Å². The van der Waals surface area contributed by atoms with Crippen molar-refractivity contribution in [1.82, 2.24) is 20.1 Å². The summed E-state index contributed by atoms with van der Waals surface area (Å²) in [4.78, 5) is 5.54. The van der Waals surface area contributed by atoms with Crippen LogP contribution in [0, 0.1) is 12.3 Å². The van der Waals surface area contributed by atoms with Crippen LogP contribution in [0.4, 0.5) is 0 Å².